The summed E-state index contributed by atoms with van der Waals surface area (Å²) in [5, 5.41) is 0. The molecule has 68 valence electrons. The molecule has 0 aliphatic rings. The maximum atomic E-state index is 2.38. The van der Waals surface area contributed by atoms with E-state index in [9.17, 15) is 0 Å². The Balaban J connectivity index is 3.22. The summed E-state index contributed by atoms with van der Waals surface area (Å²) < 4.78 is 0. The van der Waals surface area contributed by atoms with E-state index in [0.29, 0.717) is 0 Å². The highest BCUT2D eigenvalue weighted by atomic mass is 14.1. The summed E-state index contributed by atoms with van der Waals surface area (Å²) in [6.07, 6.45) is 6.97. The molecule has 0 nitrogen and oxygen atoms in total. The van der Waals surface area contributed by atoms with E-state index < -0.39 is 0 Å². The van der Waals surface area contributed by atoms with Crippen LogP contribution < -0.4 is 0 Å². The Kier molecular flexibility index (Phi) is 6.69. The second-order valence-corrected chi connectivity index (χ2v) is 3.98. The molecule has 0 aromatic rings. The molecule has 0 aliphatic heterocycles. The maximum absolute atomic E-state index is 2.38. The smallest absolute Gasteiger partial charge is 0.0443 e. The van der Waals surface area contributed by atoms with E-state index >= 15 is 0 Å². The summed E-state index contributed by atoms with van der Waals surface area (Å²) in [6, 6.07) is 0. The van der Waals surface area contributed by atoms with Crippen LogP contribution in [0.4, 0.5) is 0 Å². The minimum absolute atomic E-state index is 0.939. The molecule has 0 saturated heterocycles. The molecule has 0 N–H and O–H groups in total. The normalized spacial score (nSPS) is 16.4. The summed E-state index contributed by atoms with van der Waals surface area (Å²) in [5.74, 6) is 1.89. The Hall–Kier alpha value is 0. The predicted molar refractivity (Wildman–Crippen MR) is 52.8 cm³/mol. The van der Waals surface area contributed by atoms with Gasteiger partial charge in [0, 0.05) is 0 Å². The SMILES string of the molecule is CCCC(C)CCC(C)CC. The third-order valence-corrected chi connectivity index (χ3v) is 2.63. The summed E-state index contributed by atoms with van der Waals surface area (Å²) in [5.41, 5.74) is 0. The lowest BCUT2D eigenvalue weighted by Crippen LogP contribution is -1.98. The molecule has 2 unspecified atom stereocenters. The van der Waals surface area contributed by atoms with Crippen LogP contribution in [-0.4, -0.2) is 0 Å². The van der Waals surface area contributed by atoms with Crippen LogP contribution >= 0.6 is 0 Å². The summed E-state index contributed by atoms with van der Waals surface area (Å²) in [6.45, 7) is 9.31. The summed E-state index contributed by atoms with van der Waals surface area (Å²) >= 11 is 0. The first-order valence-electron chi connectivity index (χ1n) is 5.20. The lowest BCUT2D eigenvalue weighted by Gasteiger charge is -2.12. The Labute approximate surface area is 72.4 Å². The highest BCUT2D eigenvalue weighted by Crippen LogP contribution is 2.17. The fourth-order valence-electron chi connectivity index (χ4n) is 1.41. The molecule has 0 aromatic heterocycles. The van der Waals surface area contributed by atoms with Crippen LogP contribution in [0.25, 0.3) is 0 Å². The van der Waals surface area contributed by atoms with Gasteiger partial charge in [-0.05, 0) is 11.8 Å². The van der Waals surface area contributed by atoms with Crippen LogP contribution in [-0.2, 0) is 0 Å². The molecule has 0 rings (SSSR count). The standard InChI is InChI=1S/C11H24/c1-5-7-11(4)9-8-10(3)6-2/h10-11H,5-9H2,1-4H3. The van der Waals surface area contributed by atoms with Gasteiger partial charge in [0.1, 0.15) is 0 Å². The zero-order valence-corrected chi connectivity index (χ0v) is 8.69. The molecule has 0 heteroatoms. The predicted octanol–water partition coefficient (Wildman–Crippen LogP) is 4.25. The molecule has 2 atom stereocenters. The highest BCUT2D eigenvalue weighted by Gasteiger charge is 2.03. The molecule has 0 fully saturated rings. The van der Waals surface area contributed by atoms with Gasteiger partial charge >= 0.3 is 0 Å². The largest absolute Gasteiger partial charge is 0.0654 e. The fraction of sp³-hybridized carbons (Fsp3) is 1.00. The van der Waals surface area contributed by atoms with Gasteiger partial charge in [-0.25, -0.2) is 0 Å². The van der Waals surface area contributed by atoms with Gasteiger partial charge in [0.05, 0.1) is 0 Å². The van der Waals surface area contributed by atoms with E-state index in [1.807, 2.05) is 0 Å². The van der Waals surface area contributed by atoms with Crippen molar-refractivity contribution >= 4 is 0 Å². The second kappa shape index (κ2) is 6.69. The van der Waals surface area contributed by atoms with Crippen LogP contribution in [0.2, 0.25) is 0 Å². The van der Waals surface area contributed by atoms with Gasteiger partial charge < -0.3 is 0 Å². The van der Waals surface area contributed by atoms with Crippen molar-refractivity contribution in [1.82, 2.24) is 0 Å². The molecular weight excluding hydrogens is 132 g/mol. The zero-order chi connectivity index (χ0) is 8.69. The first-order valence-corrected chi connectivity index (χ1v) is 5.20. The van der Waals surface area contributed by atoms with Crippen LogP contribution in [0.3, 0.4) is 0 Å². The van der Waals surface area contributed by atoms with E-state index in [1.54, 1.807) is 0 Å². The fourth-order valence-corrected chi connectivity index (χ4v) is 1.41. The van der Waals surface area contributed by atoms with Gasteiger partial charge in [0.2, 0.25) is 0 Å². The van der Waals surface area contributed by atoms with E-state index in [0.717, 1.165) is 11.8 Å². The van der Waals surface area contributed by atoms with Gasteiger partial charge in [0.25, 0.3) is 0 Å². The van der Waals surface area contributed by atoms with Crippen molar-refractivity contribution < 1.29 is 0 Å². The Morgan fingerprint density at radius 1 is 0.818 bits per heavy atom. The van der Waals surface area contributed by atoms with Crippen LogP contribution in [0.1, 0.15) is 59.8 Å². The number of hydrogen-bond acceptors (Lipinski definition) is 0. The van der Waals surface area contributed by atoms with Gasteiger partial charge in [-0.1, -0.05) is 59.8 Å². The summed E-state index contributed by atoms with van der Waals surface area (Å²) in [7, 11) is 0. The number of hydrogen-bond donors (Lipinski definition) is 0. The third-order valence-electron chi connectivity index (χ3n) is 2.63. The molecule has 0 spiro atoms. The van der Waals surface area contributed by atoms with E-state index in [4.69, 9.17) is 0 Å². The van der Waals surface area contributed by atoms with Gasteiger partial charge in [-0.15, -0.1) is 0 Å². The van der Waals surface area contributed by atoms with E-state index in [2.05, 4.69) is 27.7 Å². The first kappa shape index (κ1) is 11.0. The van der Waals surface area contributed by atoms with Crippen LogP contribution in [0.15, 0.2) is 0 Å². The van der Waals surface area contributed by atoms with Crippen molar-refractivity contribution in [2.45, 2.75) is 59.8 Å². The lowest BCUT2D eigenvalue weighted by molar-refractivity contribution is 0.404. The highest BCUT2D eigenvalue weighted by molar-refractivity contribution is 4.56. The molecule has 0 radical (unpaired) electrons. The number of rotatable bonds is 6. The second-order valence-electron chi connectivity index (χ2n) is 3.98. The molecule has 0 saturated carbocycles. The van der Waals surface area contributed by atoms with Gasteiger partial charge in [0.15, 0.2) is 0 Å². The van der Waals surface area contributed by atoms with Crippen molar-refractivity contribution in [2.24, 2.45) is 11.8 Å². The molecule has 0 heterocycles. The van der Waals surface area contributed by atoms with Crippen molar-refractivity contribution in [2.75, 3.05) is 0 Å². The lowest BCUT2D eigenvalue weighted by atomic mass is 9.94. The van der Waals surface area contributed by atoms with Crippen molar-refractivity contribution in [3.05, 3.63) is 0 Å². The summed E-state index contributed by atoms with van der Waals surface area (Å²) in [4.78, 5) is 0. The van der Waals surface area contributed by atoms with E-state index in [1.165, 1.54) is 32.1 Å². The monoisotopic (exact) mass is 156 g/mol. The topological polar surface area (TPSA) is 0 Å². The van der Waals surface area contributed by atoms with Crippen LogP contribution in [0.5, 0.6) is 0 Å². The first-order chi connectivity index (χ1) is 5.20. The van der Waals surface area contributed by atoms with Crippen molar-refractivity contribution in [1.29, 1.82) is 0 Å². The zero-order valence-electron chi connectivity index (χ0n) is 8.69. The third kappa shape index (κ3) is 6.40. The Morgan fingerprint density at radius 2 is 1.36 bits per heavy atom. The molecule has 0 aromatic carbocycles. The minimum Gasteiger partial charge on any atom is -0.0654 e. The van der Waals surface area contributed by atoms with E-state index in [-0.39, 0.29) is 0 Å². The van der Waals surface area contributed by atoms with Crippen molar-refractivity contribution in [3.63, 3.8) is 0 Å². The average Bonchev–Trinajstić information content (AvgIpc) is 2.01. The minimum atomic E-state index is 0.939. The van der Waals surface area contributed by atoms with Gasteiger partial charge in [-0.3, -0.25) is 0 Å². The molecule has 0 aliphatic carbocycles. The molecule has 0 bridgehead atoms. The van der Waals surface area contributed by atoms with Gasteiger partial charge in [-0.2, -0.15) is 0 Å². The average molecular weight is 156 g/mol. The Morgan fingerprint density at radius 3 is 1.82 bits per heavy atom. The molecular formula is C11H24. The van der Waals surface area contributed by atoms with Crippen LogP contribution in [0, 0.1) is 11.8 Å². The molecule has 11 heavy (non-hydrogen) atoms. The van der Waals surface area contributed by atoms with Crippen molar-refractivity contribution in [3.8, 4) is 0 Å². The Bertz CT molecular complexity index is 76.1. The molecule has 0 amide bonds. The maximum Gasteiger partial charge on any atom is -0.0443 e. The quantitative estimate of drug-likeness (QED) is 0.539.